The van der Waals surface area contributed by atoms with E-state index in [4.69, 9.17) is 9.97 Å². The summed E-state index contributed by atoms with van der Waals surface area (Å²) in [4.78, 5) is 26.3. The summed E-state index contributed by atoms with van der Waals surface area (Å²) in [6.07, 6.45) is 0. The van der Waals surface area contributed by atoms with E-state index in [2.05, 4.69) is 22.8 Å². The summed E-state index contributed by atoms with van der Waals surface area (Å²) in [5.74, 6) is -0.269. The molecule has 0 saturated heterocycles. The number of aromatic nitrogens is 3. The number of carbonyl (C=O) groups is 1. The highest BCUT2D eigenvalue weighted by atomic mass is 16.2. The van der Waals surface area contributed by atoms with Gasteiger partial charge in [-0.15, -0.1) is 0 Å². The predicted molar refractivity (Wildman–Crippen MR) is 228 cm³/mol. The maximum atomic E-state index is 15.4. The van der Waals surface area contributed by atoms with E-state index in [0.29, 0.717) is 33.9 Å². The minimum Gasteiger partial charge on any atom is -0.307 e. The Hall–Kier alpha value is -8.46. The van der Waals surface area contributed by atoms with E-state index in [0.717, 1.165) is 55.2 Å². The van der Waals surface area contributed by atoms with Gasteiger partial charge in [-0.3, -0.25) is 15.1 Å². The van der Waals surface area contributed by atoms with Crippen molar-refractivity contribution < 1.29 is 4.79 Å². The van der Waals surface area contributed by atoms with Crippen molar-refractivity contribution in [2.24, 2.45) is 0 Å². The normalized spacial score (nSPS) is 12.1. The molecular formula is C50H29N7O. The van der Waals surface area contributed by atoms with Gasteiger partial charge in [-0.1, -0.05) is 133 Å². The Morgan fingerprint density at radius 2 is 1.02 bits per heavy atom. The Kier molecular flexibility index (Phi) is 8.04. The number of nitrogens with zero attached hydrogens (tertiary/aromatic N) is 6. The molecule has 1 amide bonds. The van der Waals surface area contributed by atoms with Gasteiger partial charge in [-0.05, 0) is 53.1 Å². The van der Waals surface area contributed by atoms with E-state index in [1.54, 1.807) is 12.1 Å². The van der Waals surface area contributed by atoms with Gasteiger partial charge in [-0.2, -0.15) is 10.5 Å². The summed E-state index contributed by atoms with van der Waals surface area (Å²) in [7, 11) is 0. The Morgan fingerprint density at radius 1 is 0.483 bits per heavy atom. The molecule has 0 radical (unpaired) electrons. The summed E-state index contributed by atoms with van der Waals surface area (Å²) in [6.45, 7) is 0. The lowest BCUT2D eigenvalue weighted by molar-refractivity contribution is 0.101. The summed E-state index contributed by atoms with van der Waals surface area (Å²) in [6, 6.07) is 58.6. The molecule has 9 aromatic rings. The molecular weight excluding hydrogens is 715 g/mol. The van der Waals surface area contributed by atoms with Crippen LogP contribution in [0.2, 0.25) is 0 Å². The molecule has 0 atom stereocenters. The Bertz CT molecular complexity index is 3130. The number of carbonyl (C=O) groups excluding carboxylic acids is 1. The van der Waals surface area contributed by atoms with Gasteiger partial charge in [0.15, 0.2) is 0 Å². The minimum absolute atomic E-state index is 0.0669. The molecule has 1 N–H and O–H groups in total. The molecule has 1 aliphatic rings. The van der Waals surface area contributed by atoms with Gasteiger partial charge in [0.1, 0.15) is 29.4 Å². The number of amides is 1. The predicted octanol–water partition coefficient (Wildman–Crippen LogP) is 11.0. The van der Waals surface area contributed by atoms with E-state index in [9.17, 15) is 15.9 Å². The number of fused-ring (bicyclic) bond motifs is 4. The van der Waals surface area contributed by atoms with E-state index in [1.807, 2.05) is 152 Å². The van der Waals surface area contributed by atoms with Gasteiger partial charge in [0.05, 0.1) is 39.4 Å². The fourth-order valence-corrected chi connectivity index (χ4v) is 8.16. The lowest BCUT2D eigenvalue weighted by atomic mass is 9.97. The average Bonchev–Trinajstić information content (AvgIpc) is 3.77. The zero-order valence-corrected chi connectivity index (χ0v) is 30.8. The van der Waals surface area contributed by atoms with Crippen LogP contribution < -0.4 is 4.90 Å². The highest BCUT2D eigenvalue weighted by molar-refractivity contribution is 6.37. The van der Waals surface area contributed by atoms with Gasteiger partial charge >= 0.3 is 0 Å². The first kappa shape index (κ1) is 34.1. The second-order valence-electron chi connectivity index (χ2n) is 13.9. The number of rotatable bonds is 6. The van der Waals surface area contributed by atoms with Gasteiger partial charge in [0.25, 0.3) is 5.91 Å². The van der Waals surface area contributed by atoms with Crippen molar-refractivity contribution in [1.29, 1.82) is 15.9 Å². The number of nitriles is 2. The SMILES string of the molecule is N#Cc1cccc(-c2cccc3c4cccc(-c5cccc(C#N)n5)c4n(-c4cccc5c4C(=O)N(c4cc(-c6ccccc6)ccc4-c4ccccc4)C5=N)c23)n1. The third-order valence-electron chi connectivity index (χ3n) is 10.7. The number of hydrogen-bond donors (Lipinski definition) is 1. The number of pyridine rings is 2. The first-order valence-electron chi connectivity index (χ1n) is 18.7. The number of amidine groups is 1. The van der Waals surface area contributed by atoms with Crippen molar-refractivity contribution >= 4 is 39.2 Å². The molecule has 3 aromatic heterocycles. The molecule has 270 valence electrons. The van der Waals surface area contributed by atoms with E-state index < -0.39 is 0 Å². The van der Waals surface area contributed by atoms with E-state index >= 15 is 4.79 Å². The third kappa shape index (κ3) is 5.36. The molecule has 6 aromatic carbocycles. The molecule has 0 aliphatic carbocycles. The summed E-state index contributed by atoms with van der Waals surface area (Å²) >= 11 is 0. The number of para-hydroxylation sites is 2. The maximum absolute atomic E-state index is 15.4. The van der Waals surface area contributed by atoms with Gasteiger partial charge in [-0.25, -0.2) is 9.97 Å². The number of benzene rings is 6. The van der Waals surface area contributed by atoms with Crippen LogP contribution in [-0.2, 0) is 0 Å². The van der Waals surface area contributed by atoms with Gasteiger partial charge in [0.2, 0.25) is 0 Å². The number of hydrogen-bond acceptors (Lipinski definition) is 6. The quantitative estimate of drug-likeness (QED) is 0.182. The summed E-state index contributed by atoms with van der Waals surface area (Å²) in [5.41, 5.74) is 10.5. The minimum atomic E-state index is -0.336. The van der Waals surface area contributed by atoms with Gasteiger partial charge in [0, 0.05) is 33.0 Å². The number of nitrogens with one attached hydrogen (secondary N) is 1. The second-order valence-corrected chi connectivity index (χ2v) is 13.9. The molecule has 8 nitrogen and oxygen atoms in total. The van der Waals surface area contributed by atoms with Crippen LogP contribution >= 0.6 is 0 Å². The first-order valence-corrected chi connectivity index (χ1v) is 18.7. The fraction of sp³-hybridized carbons (Fsp3) is 0. The van der Waals surface area contributed by atoms with Crippen molar-refractivity contribution in [3.8, 4) is 62.6 Å². The smallest absolute Gasteiger partial charge is 0.266 e. The van der Waals surface area contributed by atoms with Crippen LogP contribution in [0, 0.1) is 28.1 Å². The molecule has 58 heavy (non-hydrogen) atoms. The first-order chi connectivity index (χ1) is 28.5. The van der Waals surface area contributed by atoms with Crippen molar-refractivity contribution in [3.63, 3.8) is 0 Å². The largest absolute Gasteiger partial charge is 0.307 e. The van der Waals surface area contributed by atoms with Crippen LogP contribution in [-0.4, -0.2) is 26.3 Å². The molecule has 0 saturated carbocycles. The average molecular weight is 744 g/mol. The Balaban J connectivity index is 1.27. The van der Waals surface area contributed by atoms with Crippen LogP contribution in [0.3, 0.4) is 0 Å². The lowest BCUT2D eigenvalue weighted by Crippen LogP contribution is -2.30. The molecule has 8 heteroatoms. The second kappa shape index (κ2) is 13.7. The third-order valence-corrected chi connectivity index (χ3v) is 10.7. The molecule has 0 bridgehead atoms. The Labute approximate surface area is 333 Å². The molecule has 10 rings (SSSR count). The molecule has 0 spiro atoms. The van der Waals surface area contributed by atoms with E-state index in [-0.39, 0.29) is 23.1 Å². The zero-order valence-electron chi connectivity index (χ0n) is 30.8. The van der Waals surface area contributed by atoms with Crippen molar-refractivity contribution in [2.45, 2.75) is 0 Å². The summed E-state index contributed by atoms with van der Waals surface area (Å²) < 4.78 is 2.07. The monoisotopic (exact) mass is 743 g/mol. The zero-order chi connectivity index (χ0) is 39.3. The van der Waals surface area contributed by atoms with E-state index in [1.165, 1.54) is 4.90 Å². The Morgan fingerprint density at radius 3 is 1.60 bits per heavy atom. The van der Waals surface area contributed by atoms with Crippen LogP contribution in [0.1, 0.15) is 27.3 Å². The summed E-state index contributed by atoms with van der Waals surface area (Å²) in [5, 5.41) is 31.1. The molecule has 1 aliphatic heterocycles. The lowest BCUT2D eigenvalue weighted by Gasteiger charge is -2.22. The molecule has 0 fully saturated rings. The number of anilines is 1. The highest BCUT2D eigenvalue weighted by Crippen LogP contribution is 2.45. The van der Waals surface area contributed by atoms with Crippen molar-refractivity contribution in [3.05, 3.63) is 192 Å². The van der Waals surface area contributed by atoms with Crippen molar-refractivity contribution in [1.82, 2.24) is 14.5 Å². The maximum Gasteiger partial charge on any atom is 0.266 e. The van der Waals surface area contributed by atoms with Crippen LogP contribution in [0.4, 0.5) is 5.69 Å². The molecule has 0 unspecified atom stereocenters. The fourth-order valence-electron chi connectivity index (χ4n) is 8.16. The van der Waals surface area contributed by atoms with Gasteiger partial charge < -0.3 is 4.57 Å². The topological polar surface area (TPSA) is 122 Å². The van der Waals surface area contributed by atoms with Crippen LogP contribution in [0.25, 0.3) is 72.3 Å². The van der Waals surface area contributed by atoms with Crippen molar-refractivity contribution in [2.75, 3.05) is 4.90 Å². The standard InChI is InChI=1S/C50H29N7O/c51-29-34-16-7-23-42(54-34)39-20-9-18-37-38-19-10-21-40(43-24-8-17-35(30-52)55-43)48(38)56(47(37)39)44-25-11-22-41-46(44)50(58)57(49(41)53)45-28-33(31-12-3-1-4-13-31)26-27-36(45)32-14-5-2-6-15-32/h1-28,53H. The highest BCUT2D eigenvalue weighted by Gasteiger charge is 2.38. The van der Waals surface area contributed by atoms with Crippen LogP contribution in [0.5, 0.6) is 0 Å². The van der Waals surface area contributed by atoms with Crippen LogP contribution in [0.15, 0.2) is 170 Å². The molecule has 4 heterocycles.